The second-order valence-electron chi connectivity index (χ2n) is 7.90. The summed E-state index contributed by atoms with van der Waals surface area (Å²) in [5, 5.41) is 9.09. The number of nitrogens with one attached hydrogen (secondary N) is 1. The second-order valence-corrected chi connectivity index (χ2v) is 7.90. The molecule has 3 unspecified atom stereocenters. The van der Waals surface area contributed by atoms with E-state index in [2.05, 4.69) is 41.3 Å². The van der Waals surface area contributed by atoms with Gasteiger partial charge in [0.15, 0.2) is 0 Å². The molecule has 5 nitrogen and oxygen atoms in total. The Kier molecular flexibility index (Phi) is 3.55. The van der Waals surface area contributed by atoms with E-state index >= 15 is 0 Å². The van der Waals surface area contributed by atoms with Crippen molar-refractivity contribution in [3.63, 3.8) is 0 Å². The molecule has 1 saturated carbocycles. The molecule has 0 radical (unpaired) electrons. The quantitative estimate of drug-likeness (QED) is 0.657. The number of amides is 1. The molecule has 0 aromatic heterocycles. The Morgan fingerprint density at radius 2 is 1.62 bits per heavy atom. The number of ether oxygens (including phenoxy) is 1. The first-order valence-electron chi connectivity index (χ1n) is 9.12. The maximum atomic E-state index is 12.1. The summed E-state index contributed by atoms with van der Waals surface area (Å²) < 4.78 is 5.34. The molecule has 2 N–H and O–H groups in total. The van der Waals surface area contributed by atoms with Crippen LogP contribution in [0.2, 0.25) is 0 Å². The molecule has 0 bridgehead atoms. The van der Waals surface area contributed by atoms with Gasteiger partial charge in [-0.2, -0.15) is 0 Å². The van der Waals surface area contributed by atoms with E-state index < -0.39 is 0 Å². The van der Waals surface area contributed by atoms with Crippen molar-refractivity contribution in [2.75, 3.05) is 31.2 Å². The van der Waals surface area contributed by atoms with Crippen LogP contribution < -0.4 is 10.4 Å². The lowest BCUT2D eigenvalue weighted by Gasteiger charge is -2.56. The summed E-state index contributed by atoms with van der Waals surface area (Å²) in [6.07, 6.45) is 0. The largest absolute Gasteiger partial charge is 0.380 e. The summed E-state index contributed by atoms with van der Waals surface area (Å²) in [5.41, 5.74) is 5.76. The fraction of sp³-hybridized carbons (Fsp3) is 0.381. The normalized spacial score (nSPS) is 28.2. The highest BCUT2D eigenvalue weighted by atomic mass is 16.5. The Bertz CT molecular complexity index is 809. The summed E-state index contributed by atoms with van der Waals surface area (Å²) in [6.45, 7) is 3.91. The molecule has 3 atom stereocenters. The highest BCUT2D eigenvalue weighted by Crippen LogP contribution is 2.60. The van der Waals surface area contributed by atoms with Crippen LogP contribution in [-0.2, 0) is 9.53 Å². The van der Waals surface area contributed by atoms with Crippen LogP contribution in [0.25, 0.3) is 0 Å². The number of hydrogen-bond donors (Lipinski definition) is 2. The van der Waals surface area contributed by atoms with Gasteiger partial charge in [0.1, 0.15) is 0 Å². The average molecular weight is 350 g/mol. The molecule has 3 fully saturated rings. The minimum atomic E-state index is -0.303. The molecule has 2 aromatic carbocycles. The lowest BCUT2D eigenvalue weighted by Crippen LogP contribution is -2.66. The molecule has 2 aromatic rings. The standard InChI is InChI=1S/C21H22N2O3/c24-20(22-25)19-17(14-4-2-1-3-5-14)18(19)15-6-8-16(9-7-15)23-10-21(11-23)12-26-13-21/h1-9,17-19,25H,10-13H2,(H,22,24). The van der Waals surface area contributed by atoms with E-state index in [1.165, 1.54) is 5.69 Å². The highest BCUT2D eigenvalue weighted by molar-refractivity contribution is 5.84. The topological polar surface area (TPSA) is 61.8 Å². The van der Waals surface area contributed by atoms with Gasteiger partial charge in [0, 0.05) is 30.6 Å². The number of carbonyl (C=O) groups is 1. The van der Waals surface area contributed by atoms with Crippen molar-refractivity contribution in [3.8, 4) is 0 Å². The van der Waals surface area contributed by atoms with Crippen molar-refractivity contribution in [1.29, 1.82) is 0 Å². The van der Waals surface area contributed by atoms with Gasteiger partial charge in [-0.3, -0.25) is 10.0 Å². The molecule has 5 heteroatoms. The number of nitrogens with zero attached hydrogens (tertiary/aromatic N) is 1. The Balaban J connectivity index is 1.34. The minimum absolute atomic E-state index is 0.112. The van der Waals surface area contributed by atoms with Crippen LogP contribution in [0.4, 0.5) is 5.69 Å². The van der Waals surface area contributed by atoms with Gasteiger partial charge >= 0.3 is 0 Å². The fourth-order valence-electron chi connectivity index (χ4n) is 4.64. The molecule has 26 heavy (non-hydrogen) atoms. The number of carbonyl (C=O) groups excluding carboxylic acids is 1. The first-order chi connectivity index (χ1) is 12.7. The average Bonchev–Trinajstić information content (AvgIpc) is 3.36. The van der Waals surface area contributed by atoms with E-state index in [1.807, 2.05) is 23.7 Å². The van der Waals surface area contributed by atoms with Gasteiger partial charge in [0.05, 0.1) is 24.5 Å². The number of hydrogen-bond acceptors (Lipinski definition) is 4. The van der Waals surface area contributed by atoms with Gasteiger partial charge in [-0.05, 0) is 23.3 Å². The van der Waals surface area contributed by atoms with Crippen molar-refractivity contribution < 1.29 is 14.7 Å². The van der Waals surface area contributed by atoms with Crippen LogP contribution in [0.15, 0.2) is 54.6 Å². The van der Waals surface area contributed by atoms with Gasteiger partial charge in [0.25, 0.3) is 0 Å². The zero-order valence-corrected chi connectivity index (χ0v) is 14.5. The van der Waals surface area contributed by atoms with Crippen molar-refractivity contribution in [2.45, 2.75) is 11.8 Å². The van der Waals surface area contributed by atoms with Crippen molar-refractivity contribution in [2.24, 2.45) is 11.3 Å². The summed E-state index contributed by atoms with van der Waals surface area (Å²) in [7, 11) is 0. The zero-order valence-electron chi connectivity index (χ0n) is 14.5. The van der Waals surface area contributed by atoms with Crippen LogP contribution in [0, 0.1) is 11.3 Å². The monoisotopic (exact) mass is 350 g/mol. The lowest BCUT2D eigenvalue weighted by atomic mass is 9.78. The zero-order chi connectivity index (χ0) is 17.7. The third-order valence-corrected chi connectivity index (χ3v) is 6.13. The summed E-state index contributed by atoms with van der Waals surface area (Å²) in [6, 6.07) is 18.6. The minimum Gasteiger partial charge on any atom is -0.380 e. The van der Waals surface area contributed by atoms with E-state index in [0.29, 0.717) is 5.41 Å². The van der Waals surface area contributed by atoms with Gasteiger partial charge < -0.3 is 9.64 Å². The van der Waals surface area contributed by atoms with E-state index in [0.717, 1.165) is 37.4 Å². The number of benzene rings is 2. The molecule has 3 aliphatic rings. The van der Waals surface area contributed by atoms with Gasteiger partial charge in [-0.1, -0.05) is 42.5 Å². The Morgan fingerprint density at radius 1 is 1.00 bits per heavy atom. The van der Waals surface area contributed by atoms with Gasteiger partial charge in [-0.15, -0.1) is 0 Å². The predicted molar refractivity (Wildman–Crippen MR) is 97.3 cm³/mol. The first-order valence-corrected chi connectivity index (χ1v) is 9.12. The molecule has 1 amide bonds. The van der Waals surface area contributed by atoms with E-state index in [1.54, 1.807) is 0 Å². The summed E-state index contributed by atoms with van der Waals surface area (Å²) >= 11 is 0. The molecule has 2 saturated heterocycles. The third kappa shape index (κ3) is 2.42. The lowest BCUT2D eigenvalue weighted by molar-refractivity contribution is -0.130. The number of hydroxylamine groups is 1. The smallest absolute Gasteiger partial charge is 0.247 e. The second kappa shape index (κ2) is 5.83. The van der Waals surface area contributed by atoms with Crippen LogP contribution in [0.3, 0.4) is 0 Å². The number of rotatable bonds is 4. The molecular formula is C21H22N2O3. The Labute approximate surface area is 152 Å². The molecule has 2 aliphatic heterocycles. The number of anilines is 1. The van der Waals surface area contributed by atoms with Crippen molar-refractivity contribution in [1.82, 2.24) is 5.48 Å². The maximum absolute atomic E-state index is 12.1. The van der Waals surface area contributed by atoms with Gasteiger partial charge in [-0.25, -0.2) is 5.48 Å². The van der Waals surface area contributed by atoms with Crippen molar-refractivity contribution >= 4 is 11.6 Å². The van der Waals surface area contributed by atoms with Crippen molar-refractivity contribution in [3.05, 3.63) is 65.7 Å². The predicted octanol–water partition coefficient (Wildman–Crippen LogP) is 2.53. The molecule has 1 spiro atoms. The third-order valence-electron chi connectivity index (χ3n) is 6.13. The summed E-state index contributed by atoms with van der Waals surface area (Å²) in [4.78, 5) is 14.5. The van der Waals surface area contributed by atoms with E-state index in [-0.39, 0.29) is 23.7 Å². The van der Waals surface area contributed by atoms with Gasteiger partial charge in [0.2, 0.25) is 5.91 Å². The molecular weight excluding hydrogens is 328 g/mol. The Morgan fingerprint density at radius 3 is 2.15 bits per heavy atom. The van der Waals surface area contributed by atoms with Crippen LogP contribution >= 0.6 is 0 Å². The SMILES string of the molecule is O=C(NO)C1C(c2ccccc2)C1c1ccc(N2CC3(COC3)C2)cc1. The molecule has 134 valence electrons. The molecule has 5 rings (SSSR count). The maximum Gasteiger partial charge on any atom is 0.247 e. The van der Waals surface area contributed by atoms with Crippen LogP contribution in [0.1, 0.15) is 23.0 Å². The highest BCUT2D eigenvalue weighted by Gasteiger charge is 2.56. The summed E-state index contributed by atoms with van der Waals surface area (Å²) in [5.74, 6) is -0.287. The van der Waals surface area contributed by atoms with Crippen LogP contribution in [-0.4, -0.2) is 37.4 Å². The Hall–Kier alpha value is -2.37. The fourth-order valence-corrected chi connectivity index (χ4v) is 4.64. The molecule has 1 aliphatic carbocycles. The van der Waals surface area contributed by atoms with Crippen LogP contribution in [0.5, 0.6) is 0 Å². The first kappa shape index (κ1) is 15.9. The van der Waals surface area contributed by atoms with E-state index in [4.69, 9.17) is 9.94 Å². The van der Waals surface area contributed by atoms with E-state index in [9.17, 15) is 4.79 Å². The molecule has 2 heterocycles.